The second-order valence-corrected chi connectivity index (χ2v) is 6.82. The first-order chi connectivity index (χ1) is 12.1. The van der Waals surface area contributed by atoms with Gasteiger partial charge in [0.1, 0.15) is 0 Å². The standard InChI is InChI=1S/C20H27N3O2/c1-15-19(16(2)23(21-15)18-8-4-3-5-9-18)14-20(25)22-12-6-10-17(22)11-7-13-24/h3-5,8-9,17,24H,6-7,10-14H2,1-2H3. The van der Waals surface area contributed by atoms with Crippen molar-refractivity contribution in [3.8, 4) is 5.69 Å². The summed E-state index contributed by atoms with van der Waals surface area (Å²) in [7, 11) is 0. The van der Waals surface area contributed by atoms with Crippen molar-refractivity contribution in [3.63, 3.8) is 0 Å². The molecule has 1 fully saturated rings. The van der Waals surface area contributed by atoms with Crippen LogP contribution in [0.5, 0.6) is 0 Å². The van der Waals surface area contributed by atoms with Gasteiger partial charge in [-0.25, -0.2) is 4.68 Å². The predicted molar refractivity (Wildman–Crippen MR) is 97.8 cm³/mol. The van der Waals surface area contributed by atoms with Gasteiger partial charge in [0.2, 0.25) is 5.91 Å². The third-order valence-electron chi connectivity index (χ3n) is 5.16. The van der Waals surface area contributed by atoms with E-state index in [1.807, 2.05) is 53.8 Å². The average Bonchev–Trinajstić information content (AvgIpc) is 3.20. The maximum Gasteiger partial charge on any atom is 0.227 e. The van der Waals surface area contributed by atoms with Crippen molar-refractivity contribution < 1.29 is 9.90 Å². The van der Waals surface area contributed by atoms with E-state index in [-0.39, 0.29) is 18.6 Å². The van der Waals surface area contributed by atoms with Crippen molar-refractivity contribution in [1.82, 2.24) is 14.7 Å². The minimum atomic E-state index is 0.180. The molecule has 2 heterocycles. The van der Waals surface area contributed by atoms with E-state index in [2.05, 4.69) is 5.10 Å². The van der Waals surface area contributed by atoms with E-state index >= 15 is 0 Å². The summed E-state index contributed by atoms with van der Waals surface area (Å²) in [4.78, 5) is 14.9. The minimum Gasteiger partial charge on any atom is -0.396 e. The van der Waals surface area contributed by atoms with E-state index in [9.17, 15) is 4.79 Å². The summed E-state index contributed by atoms with van der Waals surface area (Å²) >= 11 is 0. The van der Waals surface area contributed by atoms with Gasteiger partial charge in [-0.3, -0.25) is 4.79 Å². The molecule has 0 bridgehead atoms. The molecular formula is C20H27N3O2. The van der Waals surface area contributed by atoms with Crippen molar-refractivity contribution in [2.24, 2.45) is 0 Å². The fourth-order valence-electron chi connectivity index (χ4n) is 3.80. The van der Waals surface area contributed by atoms with Crippen LogP contribution in [-0.4, -0.2) is 44.9 Å². The topological polar surface area (TPSA) is 58.4 Å². The summed E-state index contributed by atoms with van der Waals surface area (Å²) in [6.07, 6.45) is 4.16. The molecule has 0 radical (unpaired) electrons. The second kappa shape index (κ2) is 7.83. The zero-order valence-electron chi connectivity index (χ0n) is 15.1. The van der Waals surface area contributed by atoms with Gasteiger partial charge in [-0.1, -0.05) is 18.2 Å². The van der Waals surface area contributed by atoms with Crippen LogP contribution in [-0.2, 0) is 11.2 Å². The zero-order valence-corrected chi connectivity index (χ0v) is 15.1. The monoisotopic (exact) mass is 341 g/mol. The molecule has 1 aromatic heterocycles. The molecule has 3 rings (SSSR count). The van der Waals surface area contributed by atoms with Crippen molar-refractivity contribution >= 4 is 5.91 Å². The Morgan fingerprint density at radius 3 is 2.76 bits per heavy atom. The molecule has 1 atom stereocenters. The Labute approximate surface area is 149 Å². The number of aliphatic hydroxyl groups excluding tert-OH is 1. The van der Waals surface area contributed by atoms with Crippen LogP contribution in [0.25, 0.3) is 5.69 Å². The lowest BCUT2D eigenvalue weighted by Gasteiger charge is -2.24. The number of nitrogens with zero attached hydrogens (tertiary/aromatic N) is 3. The summed E-state index contributed by atoms with van der Waals surface area (Å²) in [5.74, 6) is 0.180. The number of carbonyl (C=O) groups excluding carboxylic acids is 1. The van der Waals surface area contributed by atoms with Crippen LogP contribution >= 0.6 is 0 Å². The van der Waals surface area contributed by atoms with Crippen molar-refractivity contribution in [3.05, 3.63) is 47.3 Å². The number of hydrogen-bond donors (Lipinski definition) is 1. The predicted octanol–water partition coefficient (Wildman–Crippen LogP) is 2.80. The van der Waals surface area contributed by atoms with E-state index in [4.69, 9.17) is 5.11 Å². The third-order valence-corrected chi connectivity index (χ3v) is 5.16. The Bertz CT molecular complexity index is 724. The number of amides is 1. The Morgan fingerprint density at radius 2 is 2.04 bits per heavy atom. The van der Waals surface area contributed by atoms with E-state index < -0.39 is 0 Å². The number of carbonyl (C=O) groups is 1. The Morgan fingerprint density at radius 1 is 1.28 bits per heavy atom. The first kappa shape index (κ1) is 17.7. The van der Waals surface area contributed by atoms with Gasteiger partial charge in [0.15, 0.2) is 0 Å². The lowest BCUT2D eigenvalue weighted by molar-refractivity contribution is -0.131. The lowest BCUT2D eigenvalue weighted by atomic mass is 10.1. The van der Waals surface area contributed by atoms with Crippen LogP contribution in [0.15, 0.2) is 30.3 Å². The fraction of sp³-hybridized carbons (Fsp3) is 0.500. The second-order valence-electron chi connectivity index (χ2n) is 6.82. The molecule has 1 saturated heterocycles. The number of aromatic nitrogens is 2. The average molecular weight is 341 g/mol. The molecule has 5 nitrogen and oxygen atoms in total. The van der Waals surface area contributed by atoms with Gasteiger partial charge in [0, 0.05) is 30.5 Å². The van der Waals surface area contributed by atoms with Gasteiger partial charge in [0.25, 0.3) is 0 Å². The van der Waals surface area contributed by atoms with Crippen LogP contribution in [0.2, 0.25) is 0 Å². The highest BCUT2D eigenvalue weighted by Crippen LogP contribution is 2.24. The maximum atomic E-state index is 12.9. The van der Waals surface area contributed by atoms with Gasteiger partial charge < -0.3 is 10.0 Å². The van der Waals surface area contributed by atoms with Crippen LogP contribution in [0.1, 0.15) is 42.6 Å². The summed E-state index contributed by atoms with van der Waals surface area (Å²) in [6.45, 7) is 5.03. The summed E-state index contributed by atoms with van der Waals surface area (Å²) < 4.78 is 1.92. The van der Waals surface area contributed by atoms with Gasteiger partial charge in [-0.2, -0.15) is 5.10 Å². The molecule has 2 aromatic rings. The number of para-hydroxylation sites is 1. The first-order valence-corrected chi connectivity index (χ1v) is 9.12. The van der Waals surface area contributed by atoms with Crippen LogP contribution in [0, 0.1) is 13.8 Å². The molecule has 25 heavy (non-hydrogen) atoms. The molecule has 5 heteroatoms. The van der Waals surface area contributed by atoms with E-state index in [0.717, 1.165) is 54.9 Å². The number of benzene rings is 1. The lowest BCUT2D eigenvalue weighted by Crippen LogP contribution is -2.36. The molecule has 1 unspecified atom stereocenters. The van der Waals surface area contributed by atoms with Crippen molar-refractivity contribution in [1.29, 1.82) is 0 Å². The molecule has 0 spiro atoms. The highest BCUT2D eigenvalue weighted by Gasteiger charge is 2.29. The van der Waals surface area contributed by atoms with E-state index in [0.29, 0.717) is 6.42 Å². The number of likely N-dealkylation sites (tertiary alicyclic amines) is 1. The van der Waals surface area contributed by atoms with Crippen LogP contribution in [0.4, 0.5) is 0 Å². The normalized spacial score (nSPS) is 17.2. The smallest absolute Gasteiger partial charge is 0.227 e. The number of aliphatic hydroxyl groups is 1. The highest BCUT2D eigenvalue weighted by atomic mass is 16.3. The van der Waals surface area contributed by atoms with Gasteiger partial charge >= 0.3 is 0 Å². The van der Waals surface area contributed by atoms with Gasteiger partial charge in [-0.15, -0.1) is 0 Å². The van der Waals surface area contributed by atoms with Gasteiger partial charge in [-0.05, 0) is 51.7 Å². The molecule has 1 aliphatic heterocycles. The molecule has 1 amide bonds. The molecule has 0 saturated carbocycles. The minimum absolute atomic E-state index is 0.180. The molecular weight excluding hydrogens is 314 g/mol. The van der Waals surface area contributed by atoms with Crippen molar-refractivity contribution in [2.45, 2.75) is 52.0 Å². The van der Waals surface area contributed by atoms with E-state index in [1.165, 1.54) is 0 Å². The molecule has 1 aromatic carbocycles. The molecule has 134 valence electrons. The number of aryl methyl sites for hydroxylation is 1. The number of rotatable bonds is 6. The molecule has 1 aliphatic rings. The zero-order chi connectivity index (χ0) is 17.8. The quantitative estimate of drug-likeness (QED) is 0.879. The third kappa shape index (κ3) is 3.76. The van der Waals surface area contributed by atoms with E-state index in [1.54, 1.807) is 0 Å². The molecule has 1 N–H and O–H groups in total. The molecule has 0 aliphatic carbocycles. The Balaban J connectivity index is 1.77. The SMILES string of the molecule is Cc1nn(-c2ccccc2)c(C)c1CC(=O)N1CCCC1CCCO. The van der Waals surface area contributed by atoms with Crippen LogP contribution < -0.4 is 0 Å². The fourth-order valence-corrected chi connectivity index (χ4v) is 3.80. The van der Waals surface area contributed by atoms with Crippen molar-refractivity contribution in [2.75, 3.05) is 13.2 Å². The summed E-state index contributed by atoms with van der Waals surface area (Å²) in [5, 5.41) is 13.7. The summed E-state index contributed by atoms with van der Waals surface area (Å²) in [5.41, 5.74) is 3.99. The van der Waals surface area contributed by atoms with Gasteiger partial charge in [0.05, 0.1) is 17.8 Å². The van der Waals surface area contributed by atoms with Crippen LogP contribution in [0.3, 0.4) is 0 Å². The Kier molecular flexibility index (Phi) is 5.53. The number of hydrogen-bond acceptors (Lipinski definition) is 3. The largest absolute Gasteiger partial charge is 0.396 e. The maximum absolute atomic E-state index is 12.9. The summed E-state index contributed by atoms with van der Waals surface area (Å²) in [6, 6.07) is 10.3. The highest BCUT2D eigenvalue weighted by molar-refractivity contribution is 5.80. The Hall–Kier alpha value is -2.14. The first-order valence-electron chi connectivity index (χ1n) is 9.12.